The average molecular weight is 335 g/mol. The number of hydrogen-bond donors (Lipinski definition) is 0. The predicted molar refractivity (Wildman–Crippen MR) is 91.7 cm³/mol. The first-order chi connectivity index (χ1) is 12.3. The van der Waals surface area contributed by atoms with Gasteiger partial charge in [-0.15, -0.1) is 0 Å². The van der Waals surface area contributed by atoms with E-state index in [4.69, 9.17) is 0 Å². The van der Waals surface area contributed by atoms with Crippen molar-refractivity contribution in [3.05, 3.63) is 70.7 Å². The zero-order valence-electron chi connectivity index (χ0n) is 13.8. The highest BCUT2D eigenvalue weighted by Crippen LogP contribution is 2.33. The van der Waals surface area contributed by atoms with Crippen LogP contribution >= 0.6 is 0 Å². The third-order valence-corrected chi connectivity index (χ3v) is 5.13. The molecule has 1 aliphatic heterocycles. The number of benzene rings is 1. The summed E-state index contributed by atoms with van der Waals surface area (Å²) < 4.78 is 15.1. The topological polar surface area (TPSA) is 46.8 Å². The number of fused-ring (bicyclic) bond motifs is 2. The van der Waals surface area contributed by atoms with Gasteiger partial charge in [0.2, 0.25) is 0 Å². The van der Waals surface area contributed by atoms with Crippen LogP contribution in [0, 0.1) is 5.82 Å². The van der Waals surface area contributed by atoms with E-state index in [1.54, 1.807) is 6.33 Å². The van der Waals surface area contributed by atoms with E-state index in [1.807, 2.05) is 23.0 Å². The van der Waals surface area contributed by atoms with Crippen LogP contribution in [0.25, 0.3) is 0 Å². The Morgan fingerprint density at radius 1 is 1.04 bits per heavy atom. The Kier molecular flexibility index (Phi) is 3.29. The molecule has 25 heavy (non-hydrogen) atoms. The van der Waals surface area contributed by atoms with Crippen LogP contribution in [0.15, 0.2) is 36.8 Å². The van der Waals surface area contributed by atoms with E-state index < -0.39 is 0 Å². The highest BCUT2D eigenvalue weighted by molar-refractivity contribution is 5.53. The van der Waals surface area contributed by atoms with Gasteiger partial charge in [-0.3, -0.25) is 4.68 Å². The molecule has 2 aromatic heterocycles. The van der Waals surface area contributed by atoms with Crippen LogP contribution in [-0.2, 0) is 32.5 Å². The van der Waals surface area contributed by atoms with Crippen molar-refractivity contribution >= 4 is 5.82 Å². The van der Waals surface area contributed by atoms with Crippen molar-refractivity contribution in [3.63, 3.8) is 0 Å². The molecule has 0 amide bonds. The summed E-state index contributed by atoms with van der Waals surface area (Å²) >= 11 is 0. The number of rotatable bonds is 3. The Morgan fingerprint density at radius 3 is 2.80 bits per heavy atom. The van der Waals surface area contributed by atoms with Gasteiger partial charge in [-0.1, -0.05) is 12.1 Å². The number of anilines is 1. The Balaban J connectivity index is 1.41. The number of aromatic nitrogens is 4. The van der Waals surface area contributed by atoms with Gasteiger partial charge in [0.15, 0.2) is 0 Å². The lowest BCUT2D eigenvalue weighted by Crippen LogP contribution is -2.20. The van der Waals surface area contributed by atoms with Crippen LogP contribution in [0.2, 0.25) is 0 Å². The van der Waals surface area contributed by atoms with Crippen LogP contribution in [0.5, 0.6) is 0 Å². The van der Waals surface area contributed by atoms with Crippen molar-refractivity contribution in [2.24, 2.45) is 0 Å². The smallest absolute Gasteiger partial charge is 0.136 e. The van der Waals surface area contributed by atoms with Crippen LogP contribution in [0.1, 0.15) is 34.5 Å². The monoisotopic (exact) mass is 335 g/mol. The highest BCUT2D eigenvalue weighted by atomic mass is 19.1. The summed E-state index contributed by atoms with van der Waals surface area (Å²) in [6.45, 7) is 2.30. The molecule has 1 aliphatic carbocycles. The van der Waals surface area contributed by atoms with Crippen LogP contribution in [0.4, 0.5) is 10.2 Å². The third kappa shape index (κ3) is 2.49. The van der Waals surface area contributed by atoms with Gasteiger partial charge in [0.05, 0.1) is 25.0 Å². The summed E-state index contributed by atoms with van der Waals surface area (Å²) in [6, 6.07) is 6.62. The first-order valence-corrected chi connectivity index (χ1v) is 8.63. The van der Waals surface area contributed by atoms with Gasteiger partial charge in [0.1, 0.15) is 18.0 Å². The molecule has 3 heterocycles. The fraction of sp³-hybridized carbons (Fsp3) is 0.316. The van der Waals surface area contributed by atoms with Gasteiger partial charge in [-0.05, 0) is 37.0 Å². The van der Waals surface area contributed by atoms with E-state index in [0.29, 0.717) is 6.54 Å². The Hall–Kier alpha value is -2.76. The quantitative estimate of drug-likeness (QED) is 0.738. The van der Waals surface area contributed by atoms with Crippen molar-refractivity contribution in [1.29, 1.82) is 0 Å². The van der Waals surface area contributed by atoms with Crippen LogP contribution in [0.3, 0.4) is 0 Å². The van der Waals surface area contributed by atoms with Gasteiger partial charge in [-0.2, -0.15) is 5.10 Å². The summed E-state index contributed by atoms with van der Waals surface area (Å²) in [6.07, 6.45) is 6.93. The maximum atomic E-state index is 13.1. The first kappa shape index (κ1) is 14.6. The minimum Gasteiger partial charge on any atom is -0.346 e. The van der Waals surface area contributed by atoms with E-state index in [-0.39, 0.29) is 5.82 Å². The molecule has 0 atom stereocenters. The molecule has 0 unspecified atom stereocenters. The SMILES string of the molecule is Fc1ccc(Cn2ncc3c2CN(c2ncnc4c2CCC4)C3)cc1. The second-order valence-electron chi connectivity index (χ2n) is 6.73. The van der Waals surface area contributed by atoms with Crippen LogP contribution < -0.4 is 4.90 Å². The molecule has 0 saturated heterocycles. The maximum absolute atomic E-state index is 13.1. The van der Waals surface area contributed by atoms with Crippen molar-refractivity contribution in [1.82, 2.24) is 19.7 Å². The Labute approximate surface area is 145 Å². The summed E-state index contributed by atoms with van der Waals surface area (Å²) in [5.41, 5.74) is 6.02. The van der Waals surface area contributed by atoms with E-state index in [2.05, 4.69) is 20.0 Å². The predicted octanol–water partition coefficient (Wildman–Crippen LogP) is 2.87. The minimum atomic E-state index is -0.210. The fourth-order valence-corrected chi connectivity index (χ4v) is 3.87. The molecule has 0 saturated carbocycles. The zero-order valence-corrected chi connectivity index (χ0v) is 13.8. The second-order valence-corrected chi connectivity index (χ2v) is 6.73. The number of hydrogen-bond acceptors (Lipinski definition) is 4. The maximum Gasteiger partial charge on any atom is 0.136 e. The summed E-state index contributed by atoms with van der Waals surface area (Å²) in [7, 11) is 0. The van der Waals surface area contributed by atoms with Gasteiger partial charge in [-0.25, -0.2) is 14.4 Å². The van der Waals surface area contributed by atoms with Crippen LogP contribution in [-0.4, -0.2) is 19.7 Å². The van der Waals surface area contributed by atoms with E-state index in [0.717, 1.165) is 37.3 Å². The van der Waals surface area contributed by atoms with Crippen molar-refractivity contribution in [2.75, 3.05) is 4.90 Å². The van der Waals surface area contributed by atoms with Gasteiger partial charge in [0, 0.05) is 23.4 Å². The largest absolute Gasteiger partial charge is 0.346 e. The first-order valence-electron chi connectivity index (χ1n) is 8.63. The summed E-state index contributed by atoms with van der Waals surface area (Å²) in [5, 5.41) is 4.52. The Bertz CT molecular complexity index is 931. The summed E-state index contributed by atoms with van der Waals surface area (Å²) in [4.78, 5) is 11.3. The molecular formula is C19H18FN5. The molecule has 0 fully saturated rings. The average Bonchev–Trinajstić information content (AvgIpc) is 3.33. The van der Waals surface area contributed by atoms with E-state index in [9.17, 15) is 4.39 Å². The number of aryl methyl sites for hydroxylation is 1. The normalized spacial score (nSPS) is 15.5. The number of nitrogens with zero attached hydrogens (tertiary/aromatic N) is 5. The fourth-order valence-electron chi connectivity index (χ4n) is 3.87. The molecule has 0 spiro atoms. The van der Waals surface area contributed by atoms with Gasteiger partial charge < -0.3 is 4.90 Å². The molecule has 0 radical (unpaired) electrons. The molecule has 2 aliphatic rings. The lowest BCUT2D eigenvalue weighted by molar-refractivity contribution is 0.620. The highest BCUT2D eigenvalue weighted by Gasteiger charge is 2.28. The zero-order chi connectivity index (χ0) is 16.8. The minimum absolute atomic E-state index is 0.210. The molecule has 1 aromatic carbocycles. The molecular weight excluding hydrogens is 317 g/mol. The molecule has 3 aromatic rings. The standard InChI is InChI=1S/C19H18FN5/c20-15-6-4-13(5-7-15)9-25-18-11-24(10-14(18)8-23-25)19-16-2-1-3-17(16)21-12-22-19/h4-8,12H,1-3,9-11H2. The molecule has 6 heteroatoms. The van der Waals surface area contributed by atoms with E-state index in [1.165, 1.54) is 41.1 Å². The van der Waals surface area contributed by atoms with E-state index >= 15 is 0 Å². The van der Waals surface area contributed by atoms with Crippen molar-refractivity contribution < 1.29 is 4.39 Å². The van der Waals surface area contributed by atoms with Crippen molar-refractivity contribution in [3.8, 4) is 0 Å². The lowest BCUT2D eigenvalue weighted by atomic mass is 10.2. The third-order valence-electron chi connectivity index (χ3n) is 5.13. The summed E-state index contributed by atoms with van der Waals surface area (Å²) in [5.74, 6) is 0.866. The Morgan fingerprint density at radius 2 is 1.92 bits per heavy atom. The second kappa shape index (κ2) is 5.65. The molecule has 126 valence electrons. The molecule has 5 rings (SSSR count). The molecule has 0 N–H and O–H groups in total. The molecule has 5 nitrogen and oxygen atoms in total. The molecule has 0 bridgehead atoms. The lowest BCUT2D eigenvalue weighted by Gasteiger charge is -2.19. The van der Waals surface area contributed by atoms with Gasteiger partial charge in [0.25, 0.3) is 0 Å². The van der Waals surface area contributed by atoms with Crippen molar-refractivity contribution in [2.45, 2.75) is 38.9 Å². The number of halogens is 1. The van der Waals surface area contributed by atoms with Gasteiger partial charge >= 0.3 is 0 Å².